The number of fused-ring (bicyclic) bond motifs is 2. The van der Waals surface area contributed by atoms with Crippen molar-refractivity contribution in [1.29, 1.82) is 0 Å². The molecule has 3 heterocycles. The summed E-state index contributed by atoms with van der Waals surface area (Å²) in [6.45, 7) is 4.69. The topological polar surface area (TPSA) is 66.0 Å². The third kappa shape index (κ3) is 5.28. The highest BCUT2D eigenvalue weighted by Crippen LogP contribution is 2.34. The zero-order valence-corrected chi connectivity index (χ0v) is 21.9. The molecule has 10 heteroatoms. The summed E-state index contributed by atoms with van der Waals surface area (Å²) < 4.78 is 11.2. The number of hydrogen-bond donors (Lipinski definition) is 0. The average molecular weight is 531 g/mol. The van der Waals surface area contributed by atoms with Crippen LogP contribution in [0.1, 0.15) is 11.1 Å². The molecule has 35 heavy (non-hydrogen) atoms. The number of carbonyl (C=O) groups excluding carboxylic acids is 2. The van der Waals surface area contributed by atoms with E-state index in [0.717, 1.165) is 61.8 Å². The number of hydrogen-bond acceptors (Lipinski definition) is 8. The third-order valence-electron chi connectivity index (χ3n) is 6.53. The molecular formula is C25H27ClN4O3S2. The number of ether oxygens (including phenoxy) is 1. The molecule has 0 unspecified atom stereocenters. The molecule has 2 aliphatic rings. The monoisotopic (exact) mass is 530 g/mol. The van der Waals surface area contributed by atoms with Crippen LogP contribution in [0.4, 0.5) is 11.5 Å². The Morgan fingerprint density at radius 3 is 2.80 bits per heavy atom. The fourth-order valence-corrected chi connectivity index (χ4v) is 6.00. The van der Waals surface area contributed by atoms with Crippen molar-refractivity contribution in [1.82, 2.24) is 9.27 Å². The summed E-state index contributed by atoms with van der Waals surface area (Å²) in [4.78, 5) is 30.5. The van der Waals surface area contributed by atoms with Crippen LogP contribution in [0.3, 0.4) is 0 Å². The number of amides is 1. The molecule has 1 saturated heterocycles. The third-order valence-corrected chi connectivity index (χ3v) is 8.22. The highest BCUT2D eigenvalue weighted by Gasteiger charge is 2.29. The van der Waals surface area contributed by atoms with E-state index in [1.54, 1.807) is 11.5 Å². The molecule has 0 N–H and O–H groups in total. The SMILES string of the molecule is CSCC(=O)OCN1C(=O)Cc2cc(CCN3CCN(c4nsc5ccccc45)CC3)c(Cl)cc21. The maximum Gasteiger partial charge on any atom is 0.317 e. The number of nitrogens with zero attached hydrogens (tertiary/aromatic N) is 4. The number of esters is 1. The van der Waals surface area contributed by atoms with Gasteiger partial charge < -0.3 is 9.64 Å². The van der Waals surface area contributed by atoms with Gasteiger partial charge in [0.25, 0.3) is 0 Å². The second-order valence-electron chi connectivity index (χ2n) is 8.73. The predicted octanol–water partition coefficient (Wildman–Crippen LogP) is 4.07. The molecule has 1 fully saturated rings. The van der Waals surface area contributed by atoms with Crippen LogP contribution in [0.5, 0.6) is 0 Å². The second kappa shape index (κ2) is 10.7. The van der Waals surface area contributed by atoms with Gasteiger partial charge >= 0.3 is 5.97 Å². The lowest BCUT2D eigenvalue weighted by molar-refractivity contribution is -0.140. The van der Waals surface area contributed by atoms with E-state index in [9.17, 15) is 9.59 Å². The van der Waals surface area contributed by atoms with Gasteiger partial charge in [-0.05, 0) is 53.5 Å². The van der Waals surface area contributed by atoms with E-state index < -0.39 is 0 Å². The summed E-state index contributed by atoms with van der Waals surface area (Å²) in [6.07, 6.45) is 2.96. The highest BCUT2D eigenvalue weighted by atomic mass is 35.5. The van der Waals surface area contributed by atoms with Crippen LogP contribution in [0.25, 0.3) is 10.1 Å². The van der Waals surface area contributed by atoms with Crippen molar-refractivity contribution in [3.63, 3.8) is 0 Å². The molecule has 5 rings (SSSR count). The zero-order chi connectivity index (χ0) is 24.4. The van der Waals surface area contributed by atoms with Crippen LogP contribution in [-0.2, 0) is 27.2 Å². The molecule has 3 aromatic rings. The van der Waals surface area contributed by atoms with Crippen molar-refractivity contribution in [2.45, 2.75) is 12.8 Å². The Kier molecular flexibility index (Phi) is 7.48. The number of carbonyl (C=O) groups is 2. The van der Waals surface area contributed by atoms with Gasteiger partial charge in [0.2, 0.25) is 5.91 Å². The number of benzene rings is 2. The van der Waals surface area contributed by atoms with Crippen LogP contribution in [0.15, 0.2) is 36.4 Å². The predicted molar refractivity (Wildman–Crippen MR) is 144 cm³/mol. The maximum atomic E-state index is 12.5. The molecule has 2 aromatic carbocycles. The number of rotatable bonds is 8. The molecule has 0 atom stereocenters. The Morgan fingerprint density at radius 2 is 2.00 bits per heavy atom. The first-order chi connectivity index (χ1) is 17.0. The zero-order valence-electron chi connectivity index (χ0n) is 19.5. The maximum absolute atomic E-state index is 12.5. The molecule has 0 saturated carbocycles. The Balaban J connectivity index is 1.17. The first kappa shape index (κ1) is 24.4. The van der Waals surface area contributed by atoms with E-state index in [1.807, 2.05) is 18.4 Å². The fraction of sp³-hybridized carbons (Fsp3) is 0.400. The number of piperazine rings is 1. The first-order valence-electron chi connectivity index (χ1n) is 11.6. The largest absolute Gasteiger partial charge is 0.443 e. The van der Waals surface area contributed by atoms with Gasteiger partial charge in [0.1, 0.15) is 5.82 Å². The molecule has 1 aromatic heterocycles. The Morgan fingerprint density at radius 1 is 1.20 bits per heavy atom. The summed E-state index contributed by atoms with van der Waals surface area (Å²) >= 11 is 9.57. The van der Waals surface area contributed by atoms with Gasteiger partial charge in [-0.25, -0.2) is 0 Å². The lowest BCUT2D eigenvalue weighted by atomic mass is 10.1. The minimum absolute atomic E-state index is 0.0700. The normalized spacial score (nSPS) is 16.2. The van der Waals surface area contributed by atoms with E-state index >= 15 is 0 Å². The number of thioether (sulfide) groups is 1. The van der Waals surface area contributed by atoms with E-state index in [0.29, 0.717) is 11.4 Å². The number of halogens is 1. The molecule has 0 bridgehead atoms. The minimum atomic E-state index is -0.329. The molecule has 0 radical (unpaired) electrons. The lowest BCUT2D eigenvalue weighted by Gasteiger charge is -2.35. The van der Waals surface area contributed by atoms with Gasteiger partial charge in [0, 0.05) is 43.1 Å². The van der Waals surface area contributed by atoms with Gasteiger partial charge in [-0.15, -0.1) is 0 Å². The van der Waals surface area contributed by atoms with E-state index in [1.165, 1.54) is 26.7 Å². The summed E-state index contributed by atoms with van der Waals surface area (Å²) in [5.74, 6) is 0.962. The van der Waals surface area contributed by atoms with Crippen LogP contribution in [0, 0.1) is 0 Å². The molecule has 1 amide bonds. The fourth-order valence-electron chi connectivity index (χ4n) is 4.64. The summed E-state index contributed by atoms with van der Waals surface area (Å²) in [5, 5.41) is 1.88. The highest BCUT2D eigenvalue weighted by molar-refractivity contribution is 7.99. The van der Waals surface area contributed by atoms with Crippen LogP contribution in [0.2, 0.25) is 5.02 Å². The van der Waals surface area contributed by atoms with Crippen molar-refractivity contribution in [3.8, 4) is 0 Å². The first-order valence-corrected chi connectivity index (χ1v) is 14.2. The average Bonchev–Trinajstić information content (AvgIpc) is 3.42. The number of anilines is 2. The van der Waals surface area contributed by atoms with Gasteiger partial charge in [-0.2, -0.15) is 16.1 Å². The van der Waals surface area contributed by atoms with Crippen molar-refractivity contribution in [3.05, 3.63) is 52.5 Å². The van der Waals surface area contributed by atoms with Crippen LogP contribution >= 0.6 is 34.9 Å². The van der Waals surface area contributed by atoms with Gasteiger partial charge in [-0.3, -0.25) is 19.4 Å². The Hall–Kier alpha value is -2.33. The van der Waals surface area contributed by atoms with E-state index in [2.05, 4.69) is 34.1 Å². The van der Waals surface area contributed by atoms with Crippen molar-refractivity contribution < 1.29 is 14.3 Å². The van der Waals surface area contributed by atoms with E-state index in [4.69, 9.17) is 20.7 Å². The van der Waals surface area contributed by atoms with Gasteiger partial charge in [-0.1, -0.05) is 29.8 Å². The van der Waals surface area contributed by atoms with Crippen molar-refractivity contribution >= 4 is 68.4 Å². The molecular weight excluding hydrogens is 504 g/mol. The molecule has 2 aliphatic heterocycles. The smallest absolute Gasteiger partial charge is 0.317 e. The Labute approximate surface area is 218 Å². The molecule has 7 nitrogen and oxygen atoms in total. The molecule has 0 aliphatic carbocycles. The second-order valence-corrected chi connectivity index (χ2v) is 10.8. The van der Waals surface area contributed by atoms with Gasteiger partial charge in [0.15, 0.2) is 6.73 Å². The standard InChI is InChI=1S/C25H27ClN4O3S2/c1-34-15-24(32)33-16-30-21-14-20(26)17(12-18(21)13-23(30)31)6-7-28-8-10-29(11-9-28)25-19-4-2-3-5-22(19)35-27-25/h2-5,12,14H,6-11,13,15-16H2,1H3. The molecule has 184 valence electrons. The summed E-state index contributed by atoms with van der Waals surface area (Å²) in [7, 11) is 0. The minimum Gasteiger partial charge on any atom is -0.443 e. The quantitative estimate of drug-likeness (QED) is 0.407. The summed E-state index contributed by atoms with van der Waals surface area (Å²) in [6, 6.07) is 12.3. The van der Waals surface area contributed by atoms with Gasteiger partial charge in [0.05, 0.1) is 22.6 Å². The van der Waals surface area contributed by atoms with Crippen LogP contribution in [-0.4, -0.2) is 72.6 Å². The molecule has 0 spiro atoms. The van der Waals surface area contributed by atoms with Crippen LogP contribution < -0.4 is 9.80 Å². The van der Waals surface area contributed by atoms with Crippen molar-refractivity contribution in [2.24, 2.45) is 0 Å². The number of aromatic nitrogens is 1. The van der Waals surface area contributed by atoms with E-state index in [-0.39, 0.29) is 24.4 Å². The summed E-state index contributed by atoms with van der Waals surface area (Å²) in [5.41, 5.74) is 2.73. The van der Waals surface area contributed by atoms with Crippen molar-refractivity contribution in [2.75, 3.05) is 61.3 Å². The lowest BCUT2D eigenvalue weighted by Crippen LogP contribution is -2.47. The Bertz CT molecular complexity index is 1240.